The van der Waals surface area contributed by atoms with Crippen LogP contribution in [0.25, 0.3) is 0 Å². The Kier molecular flexibility index (Phi) is 5.48. The van der Waals surface area contributed by atoms with Crippen molar-refractivity contribution in [2.75, 3.05) is 5.32 Å². The maximum Gasteiger partial charge on any atom is 0.267 e. The number of rotatable bonds is 5. The number of Topliss-reactive ketones (excluding diaryl/α,β-unsaturated/α-hetero) is 1. The number of hydrogen-bond donors (Lipinski definition) is 2. The van der Waals surface area contributed by atoms with Gasteiger partial charge in [-0.2, -0.15) is 5.26 Å². The number of carbonyl (C=O) groups excluding carboxylic acids is 2. The molecule has 0 saturated carbocycles. The molecule has 5 heteroatoms. The SMILES string of the molecule is CC(=O)c1ccc(NC(=O)/C(C#N)=C\NC(C)C)cc1. The third kappa shape index (κ3) is 4.58. The van der Waals surface area contributed by atoms with Crippen LogP contribution in [0.5, 0.6) is 0 Å². The summed E-state index contributed by atoms with van der Waals surface area (Å²) in [7, 11) is 0. The molecule has 2 N–H and O–H groups in total. The van der Waals surface area contributed by atoms with Crippen LogP contribution in [0.2, 0.25) is 0 Å². The Bertz CT molecular complexity index is 566. The van der Waals surface area contributed by atoms with Crippen molar-refractivity contribution in [2.45, 2.75) is 26.8 Å². The van der Waals surface area contributed by atoms with Crippen molar-refractivity contribution in [3.8, 4) is 6.07 Å². The maximum absolute atomic E-state index is 11.9. The molecule has 1 rings (SSSR count). The van der Waals surface area contributed by atoms with E-state index in [1.54, 1.807) is 24.3 Å². The number of nitrogens with one attached hydrogen (secondary N) is 2. The van der Waals surface area contributed by atoms with E-state index in [-0.39, 0.29) is 17.4 Å². The Balaban J connectivity index is 2.76. The molecular weight excluding hydrogens is 254 g/mol. The molecule has 20 heavy (non-hydrogen) atoms. The predicted octanol–water partition coefficient (Wildman–Crippen LogP) is 2.23. The van der Waals surface area contributed by atoms with E-state index in [1.165, 1.54) is 13.1 Å². The van der Waals surface area contributed by atoms with Crippen molar-refractivity contribution in [3.05, 3.63) is 41.6 Å². The second-order valence-electron chi connectivity index (χ2n) is 4.58. The van der Waals surface area contributed by atoms with E-state index in [9.17, 15) is 9.59 Å². The van der Waals surface area contributed by atoms with E-state index < -0.39 is 5.91 Å². The predicted molar refractivity (Wildman–Crippen MR) is 77.0 cm³/mol. The average Bonchev–Trinajstić information content (AvgIpc) is 2.39. The largest absolute Gasteiger partial charge is 0.387 e. The molecule has 0 aliphatic rings. The van der Waals surface area contributed by atoms with E-state index in [2.05, 4.69) is 10.6 Å². The van der Waals surface area contributed by atoms with E-state index >= 15 is 0 Å². The third-order valence-corrected chi connectivity index (χ3v) is 2.48. The molecule has 0 aromatic heterocycles. The van der Waals surface area contributed by atoms with Gasteiger partial charge in [0.25, 0.3) is 5.91 Å². The van der Waals surface area contributed by atoms with Crippen LogP contribution in [-0.2, 0) is 4.79 Å². The lowest BCUT2D eigenvalue weighted by molar-refractivity contribution is -0.112. The van der Waals surface area contributed by atoms with Gasteiger partial charge in [-0.3, -0.25) is 9.59 Å². The van der Waals surface area contributed by atoms with Gasteiger partial charge in [0.2, 0.25) is 0 Å². The zero-order chi connectivity index (χ0) is 15.1. The van der Waals surface area contributed by atoms with E-state index in [4.69, 9.17) is 5.26 Å². The van der Waals surface area contributed by atoms with Crippen LogP contribution in [0.1, 0.15) is 31.1 Å². The van der Waals surface area contributed by atoms with E-state index in [0.717, 1.165) is 0 Å². The normalized spacial score (nSPS) is 10.8. The number of amides is 1. The minimum Gasteiger partial charge on any atom is -0.387 e. The van der Waals surface area contributed by atoms with Crippen LogP contribution in [0.15, 0.2) is 36.0 Å². The first kappa shape index (κ1) is 15.4. The summed E-state index contributed by atoms with van der Waals surface area (Å²) >= 11 is 0. The van der Waals surface area contributed by atoms with Gasteiger partial charge in [0.1, 0.15) is 11.6 Å². The fourth-order valence-electron chi connectivity index (χ4n) is 1.39. The topological polar surface area (TPSA) is 82.0 Å². The summed E-state index contributed by atoms with van der Waals surface area (Å²) in [5.74, 6) is -0.530. The van der Waals surface area contributed by atoms with Gasteiger partial charge in [-0.25, -0.2) is 0 Å². The average molecular weight is 271 g/mol. The highest BCUT2D eigenvalue weighted by atomic mass is 16.1. The highest BCUT2D eigenvalue weighted by Crippen LogP contribution is 2.11. The molecular formula is C15H17N3O2. The Labute approximate surface area is 118 Å². The van der Waals surface area contributed by atoms with Crippen molar-refractivity contribution in [3.63, 3.8) is 0 Å². The molecule has 0 heterocycles. The molecule has 104 valence electrons. The summed E-state index contributed by atoms with van der Waals surface area (Å²) in [6, 6.07) is 8.48. The molecule has 1 amide bonds. The zero-order valence-corrected chi connectivity index (χ0v) is 11.7. The van der Waals surface area contributed by atoms with Crippen molar-refractivity contribution in [2.24, 2.45) is 0 Å². The first-order valence-electron chi connectivity index (χ1n) is 6.22. The van der Waals surface area contributed by atoms with Crippen molar-refractivity contribution >= 4 is 17.4 Å². The smallest absolute Gasteiger partial charge is 0.267 e. The molecule has 0 bridgehead atoms. The van der Waals surface area contributed by atoms with Crippen LogP contribution in [0.4, 0.5) is 5.69 Å². The van der Waals surface area contributed by atoms with Crippen molar-refractivity contribution in [1.29, 1.82) is 5.26 Å². The Morgan fingerprint density at radius 3 is 2.30 bits per heavy atom. The molecule has 1 aromatic rings. The second-order valence-corrected chi connectivity index (χ2v) is 4.58. The summed E-state index contributed by atoms with van der Waals surface area (Å²) < 4.78 is 0. The standard InChI is InChI=1S/C15H17N3O2/c1-10(2)17-9-13(8-16)15(20)18-14-6-4-12(5-7-14)11(3)19/h4-7,9-10,17H,1-3H3,(H,18,20)/b13-9-. The van der Waals surface area contributed by atoms with E-state index in [1.807, 2.05) is 19.9 Å². The molecule has 0 saturated heterocycles. The van der Waals surface area contributed by atoms with Crippen LogP contribution in [0, 0.1) is 11.3 Å². The van der Waals surface area contributed by atoms with Gasteiger partial charge in [0.05, 0.1) is 0 Å². The number of nitriles is 1. The summed E-state index contributed by atoms with van der Waals surface area (Å²) in [6.07, 6.45) is 1.39. The molecule has 0 fully saturated rings. The Morgan fingerprint density at radius 1 is 1.25 bits per heavy atom. The minimum absolute atomic E-state index is 0.00524. The summed E-state index contributed by atoms with van der Waals surface area (Å²) in [5, 5.41) is 14.4. The number of nitrogens with zero attached hydrogens (tertiary/aromatic N) is 1. The molecule has 0 aliphatic carbocycles. The quantitative estimate of drug-likeness (QED) is 0.489. The van der Waals surface area contributed by atoms with Gasteiger partial charge < -0.3 is 10.6 Å². The fraction of sp³-hybridized carbons (Fsp3) is 0.267. The third-order valence-electron chi connectivity index (χ3n) is 2.48. The molecule has 0 spiro atoms. The minimum atomic E-state index is -0.490. The lowest BCUT2D eigenvalue weighted by atomic mass is 10.1. The lowest BCUT2D eigenvalue weighted by Crippen LogP contribution is -2.20. The molecule has 1 aromatic carbocycles. The monoisotopic (exact) mass is 271 g/mol. The van der Waals surface area contributed by atoms with Gasteiger partial charge in [-0.05, 0) is 45.0 Å². The number of hydrogen-bond acceptors (Lipinski definition) is 4. The second kappa shape index (κ2) is 7.10. The molecule has 0 atom stereocenters. The van der Waals surface area contributed by atoms with Gasteiger partial charge in [-0.1, -0.05) is 0 Å². The van der Waals surface area contributed by atoms with Gasteiger partial charge in [-0.15, -0.1) is 0 Å². The van der Waals surface area contributed by atoms with Crippen LogP contribution in [0.3, 0.4) is 0 Å². The maximum atomic E-state index is 11.9. The first-order valence-corrected chi connectivity index (χ1v) is 6.22. The van der Waals surface area contributed by atoms with Gasteiger partial charge in [0.15, 0.2) is 5.78 Å². The van der Waals surface area contributed by atoms with Crippen molar-refractivity contribution in [1.82, 2.24) is 5.32 Å². The Morgan fingerprint density at radius 2 is 1.85 bits per heavy atom. The first-order chi connectivity index (χ1) is 9.43. The zero-order valence-electron chi connectivity index (χ0n) is 11.7. The number of ketones is 1. The fourth-order valence-corrected chi connectivity index (χ4v) is 1.39. The van der Waals surface area contributed by atoms with Crippen LogP contribution < -0.4 is 10.6 Å². The molecule has 0 unspecified atom stereocenters. The Hall–Kier alpha value is -2.61. The summed E-state index contributed by atoms with van der Waals surface area (Å²) in [5.41, 5.74) is 1.10. The summed E-state index contributed by atoms with van der Waals surface area (Å²) in [4.78, 5) is 23.0. The van der Waals surface area contributed by atoms with Gasteiger partial charge >= 0.3 is 0 Å². The van der Waals surface area contributed by atoms with Gasteiger partial charge in [0, 0.05) is 23.5 Å². The van der Waals surface area contributed by atoms with E-state index in [0.29, 0.717) is 11.3 Å². The summed E-state index contributed by atoms with van der Waals surface area (Å²) in [6.45, 7) is 5.29. The highest BCUT2D eigenvalue weighted by molar-refractivity contribution is 6.06. The van der Waals surface area contributed by atoms with Crippen molar-refractivity contribution < 1.29 is 9.59 Å². The van der Waals surface area contributed by atoms with Crippen LogP contribution >= 0.6 is 0 Å². The lowest BCUT2D eigenvalue weighted by Gasteiger charge is -2.07. The number of anilines is 1. The van der Waals surface area contributed by atoms with Crippen LogP contribution in [-0.4, -0.2) is 17.7 Å². The number of benzene rings is 1. The molecule has 0 radical (unpaired) electrons. The molecule has 5 nitrogen and oxygen atoms in total. The molecule has 0 aliphatic heterocycles. The number of carbonyl (C=O) groups is 2. The highest BCUT2D eigenvalue weighted by Gasteiger charge is 2.09.